The van der Waals surface area contributed by atoms with Gasteiger partial charge in [-0.2, -0.15) is 0 Å². The van der Waals surface area contributed by atoms with E-state index in [-0.39, 0.29) is 0 Å². The van der Waals surface area contributed by atoms with Crippen molar-refractivity contribution in [3.8, 4) is 0 Å². The van der Waals surface area contributed by atoms with Crippen molar-refractivity contribution in [2.24, 2.45) is 5.03 Å². The molecule has 3 rings (SSSR count). The molecule has 0 radical (unpaired) electrons. The fourth-order valence-corrected chi connectivity index (χ4v) is 4.56. The molecule has 0 spiro atoms. The van der Waals surface area contributed by atoms with Crippen LogP contribution in [-0.4, -0.2) is 12.8 Å². The van der Waals surface area contributed by atoms with E-state index in [2.05, 4.69) is 124 Å². The first-order valence-corrected chi connectivity index (χ1v) is 12.0. The second-order valence-electron chi connectivity index (χ2n) is 9.92. The molecule has 0 atom stereocenters. The van der Waals surface area contributed by atoms with Gasteiger partial charge in [0, 0.05) is 0 Å². The molecule has 6 heteroatoms. The van der Waals surface area contributed by atoms with Gasteiger partial charge in [-0.25, -0.2) is 0 Å². The summed E-state index contributed by atoms with van der Waals surface area (Å²) in [7, 11) is 1.64. The van der Waals surface area contributed by atoms with Crippen molar-refractivity contribution in [1.29, 1.82) is 0 Å². The number of benzene rings is 2. The second-order valence-corrected chi connectivity index (χ2v) is 9.92. The van der Waals surface area contributed by atoms with Gasteiger partial charge in [-0.05, 0) is 0 Å². The van der Waals surface area contributed by atoms with Crippen molar-refractivity contribution in [1.82, 2.24) is 0 Å². The van der Waals surface area contributed by atoms with E-state index < -0.39 is 0 Å². The molecule has 0 unspecified atom stereocenters. The molecular formula is C27H36BN5. The maximum atomic E-state index is 9.17. The molecule has 0 fully saturated rings. The molecule has 1 aliphatic rings. The molecule has 0 bridgehead atoms. The standard InChI is InChI=1S/C27H36BN5/c1-17(2)21-11-9-12-22(18(3)4)25(21)32-15-16-33(27(32)28-30-31-29)26-23(19(5)6)13-10-14-24(26)20(7)8/h9-20H,1-8H3. The van der Waals surface area contributed by atoms with Gasteiger partial charge in [-0.1, -0.05) is 0 Å². The molecule has 0 saturated heterocycles. The van der Waals surface area contributed by atoms with E-state index in [1.807, 2.05) is 0 Å². The van der Waals surface area contributed by atoms with E-state index in [0.29, 0.717) is 23.7 Å². The van der Waals surface area contributed by atoms with E-state index in [4.69, 9.17) is 5.53 Å². The van der Waals surface area contributed by atoms with Crippen LogP contribution in [0.2, 0.25) is 0 Å². The van der Waals surface area contributed by atoms with Crippen molar-refractivity contribution in [2.45, 2.75) is 79.1 Å². The van der Waals surface area contributed by atoms with Gasteiger partial charge in [-0.3, -0.25) is 0 Å². The van der Waals surface area contributed by atoms with Crippen molar-refractivity contribution in [3.05, 3.63) is 81.5 Å². The molecule has 1 heterocycles. The molecule has 2 aromatic carbocycles. The van der Waals surface area contributed by atoms with Gasteiger partial charge >= 0.3 is 200 Å². The van der Waals surface area contributed by atoms with Gasteiger partial charge in [0.2, 0.25) is 0 Å². The predicted molar refractivity (Wildman–Crippen MR) is 143 cm³/mol. The number of hydrogen-bond donors (Lipinski definition) is 0. The van der Waals surface area contributed by atoms with Crippen molar-refractivity contribution in [3.63, 3.8) is 0 Å². The molecule has 5 nitrogen and oxygen atoms in total. The van der Waals surface area contributed by atoms with E-state index in [1.54, 1.807) is 7.06 Å². The molecule has 0 saturated carbocycles. The van der Waals surface area contributed by atoms with Gasteiger partial charge < -0.3 is 0 Å². The zero-order valence-electron chi connectivity index (χ0n) is 21.2. The topological polar surface area (TPSA) is 55.2 Å². The Kier molecular flexibility index (Phi) is 7.70. The normalized spacial score (nSPS) is 13.5. The van der Waals surface area contributed by atoms with Crippen LogP contribution in [0.3, 0.4) is 0 Å². The minimum atomic E-state index is 0.357. The Labute approximate surface area is 199 Å². The third-order valence-electron chi connectivity index (χ3n) is 6.25. The number of nitrogens with zero attached hydrogens (tertiary/aromatic N) is 5. The first-order valence-electron chi connectivity index (χ1n) is 12.0. The van der Waals surface area contributed by atoms with Crippen LogP contribution in [0.4, 0.5) is 11.4 Å². The number of anilines is 2. The van der Waals surface area contributed by atoms with Crippen LogP contribution < -0.4 is 9.80 Å². The Morgan fingerprint density at radius 2 is 1.00 bits per heavy atom. The van der Waals surface area contributed by atoms with E-state index in [1.165, 1.54) is 33.6 Å². The Bertz CT molecular complexity index is 979. The van der Waals surface area contributed by atoms with Crippen molar-refractivity contribution in [2.75, 3.05) is 9.80 Å². The van der Waals surface area contributed by atoms with Crippen molar-refractivity contribution < 1.29 is 0 Å². The average molecular weight is 441 g/mol. The molecule has 1 aliphatic heterocycles. The Morgan fingerprint density at radius 1 is 0.667 bits per heavy atom. The summed E-state index contributed by atoms with van der Waals surface area (Å²) in [4.78, 5) is 7.44. The van der Waals surface area contributed by atoms with Gasteiger partial charge in [0.15, 0.2) is 0 Å². The Morgan fingerprint density at radius 3 is 1.27 bits per heavy atom. The fraction of sp³-hybridized carbons (Fsp3) is 0.444. The third-order valence-corrected chi connectivity index (χ3v) is 6.25. The van der Waals surface area contributed by atoms with Crippen LogP contribution in [0.1, 0.15) is 101 Å². The average Bonchev–Trinajstić information content (AvgIpc) is 3.19. The molecule has 2 aromatic rings. The summed E-state index contributed by atoms with van der Waals surface area (Å²) in [5, 5.41) is 3.90. The summed E-state index contributed by atoms with van der Waals surface area (Å²) in [6.07, 6.45) is 4.21. The van der Waals surface area contributed by atoms with Crippen LogP contribution in [0.5, 0.6) is 0 Å². The second kappa shape index (κ2) is 10.3. The molecule has 0 amide bonds. The Balaban J connectivity index is 2.28. The van der Waals surface area contributed by atoms with Crippen LogP contribution in [0.25, 0.3) is 10.4 Å². The number of hydrogen-bond acceptors (Lipinski definition) is 3. The monoisotopic (exact) mass is 441 g/mol. The summed E-state index contributed by atoms with van der Waals surface area (Å²) in [5.74, 6) is 1.43. The first kappa shape index (κ1) is 24.7. The number of azide groups is 1. The molecule has 172 valence electrons. The SMILES string of the molecule is CC(C)c1cccc(C(C)C)c1N1C=CN(c2c(C(C)C)cccc2C(C)C)C1=BN=[N+]=[N-]. The minimum absolute atomic E-state index is 0.357. The predicted octanol–water partition coefficient (Wildman–Crippen LogP) is 7.99. The third kappa shape index (κ3) is 4.86. The zero-order chi connectivity index (χ0) is 24.3. The number of rotatable bonds is 7. The van der Waals surface area contributed by atoms with Crippen LogP contribution in [0, 0.1) is 0 Å². The van der Waals surface area contributed by atoms with E-state index >= 15 is 0 Å². The quantitative estimate of drug-likeness (QED) is 0.189. The number of para-hydroxylation sites is 2. The molecule has 0 aromatic heterocycles. The molecule has 0 N–H and O–H groups in total. The van der Waals surface area contributed by atoms with Crippen LogP contribution in [0.15, 0.2) is 53.8 Å². The van der Waals surface area contributed by atoms with E-state index in [0.717, 1.165) is 5.71 Å². The maximum absolute atomic E-state index is 9.17. The van der Waals surface area contributed by atoms with Gasteiger partial charge in [-0.15, -0.1) is 0 Å². The first-order chi connectivity index (χ1) is 15.7. The Hall–Kier alpha value is -2.98. The van der Waals surface area contributed by atoms with Gasteiger partial charge in [0.1, 0.15) is 0 Å². The van der Waals surface area contributed by atoms with Crippen LogP contribution in [-0.2, 0) is 0 Å². The molecule has 0 aliphatic carbocycles. The van der Waals surface area contributed by atoms with Crippen molar-refractivity contribution >= 4 is 24.1 Å². The summed E-state index contributed by atoms with van der Waals surface area (Å²) in [5.41, 5.74) is 17.5. The fourth-order valence-electron chi connectivity index (χ4n) is 4.56. The van der Waals surface area contributed by atoms with Gasteiger partial charge in [0.05, 0.1) is 0 Å². The van der Waals surface area contributed by atoms with E-state index in [9.17, 15) is 0 Å². The zero-order valence-corrected chi connectivity index (χ0v) is 21.2. The summed E-state index contributed by atoms with van der Waals surface area (Å²) in [6.45, 7) is 17.8. The summed E-state index contributed by atoms with van der Waals surface area (Å²) < 4.78 is 0. The van der Waals surface area contributed by atoms with Crippen LogP contribution >= 0.6 is 0 Å². The molecular weight excluding hydrogens is 405 g/mol. The summed E-state index contributed by atoms with van der Waals surface area (Å²) in [6, 6.07) is 13.1. The van der Waals surface area contributed by atoms with Gasteiger partial charge in [0.25, 0.3) is 0 Å². The molecule has 33 heavy (non-hydrogen) atoms. The summed E-state index contributed by atoms with van der Waals surface area (Å²) >= 11 is 0.